The Morgan fingerprint density at radius 2 is 1.96 bits per heavy atom. The molecule has 1 aliphatic heterocycles. The summed E-state index contributed by atoms with van der Waals surface area (Å²) in [5.41, 5.74) is 8.79. The second kappa shape index (κ2) is 6.71. The van der Waals surface area contributed by atoms with Crippen molar-refractivity contribution < 1.29 is 0 Å². The van der Waals surface area contributed by atoms with Crippen LogP contribution in [0.1, 0.15) is 43.0 Å². The fourth-order valence-corrected chi connectivity index (χ4v) is 4.39. The zero-order valence-corrected chi connectivity index (χ0v) is 15.1. The Morgan fingerprint density at radius 1 is 1.22 bits per heavy atom. The molecular weight excluding hydrogens is 302 g/mol. The van der Waals surface area contributed by atoms with E-state index in [4.69, 9.17) is 10.7 Å². The third-order valence-electron chi connectivity index (χ3n) is 4.73. The fourth-order valence-electron chi connectivity index (χ4n) is 3.33. The topological polar surface area (TPSA) is 42.1 Å². The second-order valence-corrected chi connectivity index (χ2v) is 8.53. The molecule has 0 saturated carbocycles. The lowest BCUT2D eigenvalue weighted by molar-refractivity contribution is 0.316. The van der Waals surface area contributed by atoms with Gasteiger partial charge < -0.3 is 5.73 Å². The van der Waals surface area contributed by atoms with Gasteiger partial charge in [0.2, 0.25) is 0 Å². The predicted octanol–water partition coefficient (Wildman–Crippen LogP) is 3.61. The largest absolute Gasteiger partial charge is 0.330 e. The normalized spacial score (nSPS) is 22.6. The maximum atomic E-state index is 6.04. The lowest BCUT2D eigenvalue weighted by atomic mass is 9.89. The molecule has 0 bridgehead atoms. The third-order valence-corrected chi connectivity index (χ3v) is 5.56. The molecule has 124 valence electrons. The van der Waals surface area contributed by atoms with Crippen LogP contribution < -0.4 is 5.73 Å². The van der Waals surface area contributed by atoms with Crippen LogP contribution in [0.25, 0.3) is 0 Å². The third kappa shape index (κ3) is 3.82. The maximum absolute atomic E-state index is 6.04. The van der Waals surface area contributed by atoms with Gasteiger partial charge in [0.25, 0.3) is 0 Å². The van der Waals surface area contributed by atoms with Gasteiger partial charge in [-0.3, -0.25) is 4.90 Å². The molecule has 0 radical (unpaired) electrons. The van der Waals surface area contributed by atoms with E-state index < -0.39 is 0 Å². The van der Waals surface area contributed by atoms with Crippen molar-refractivity contribution in [3.05, 3.63) is 52.0 Å². The van der Waals surface area contributed by atoms with Crippen LogP contribution in [0.3, 0.4) is 0 Å². The molecule has 0 amide bonds. The van der Waals surface area contributed by atoms with Crippen LogP contribution in [-0.2, 0) is 12.0 Å². The Labute approximate surface area is 143 Å². The summed E-state index contributed by atoms with van der Waals surface area (Å²) in [6, 6.07) is 10.8. The maximum Gasteiger partial charge on any atom is 0.107 e. The lowest BCUT2D eigenvalue weighted by Gasteiger charge is -2.16. The number of nitrogens with two attached hydrogens (primary N) is 1. The number of nitrogens with zero attached hydrogens (tertiary/aromatic N) is 2. The first kappa shape index (κ1) is 16.6. The molecule has 2 atom stereocenters. The summed E-state index contributed by atoms with van der Waals surface area (Å²) in [4.78, 5) is 7.35. The van der Waals surface area contributed by atoms with E-state index in [-0.39, 0.29) is 5.41 Å². The molecular formula is C19H27N3S. The van der Waals surface area contributed by atoms with E-state index in [9.17, 15) is 0 Å². The summed E-state index contributed by atoms with van der Waals surface area (Å²) < 4.78 is 0. The highest BCUT2D eigenvalue weighted by atomic mass is 32.1. The summed E-state index contributed by atoms with van der Waals surface area (Å²) >= 11 is 1.79. The highest BCUT2D eigenvalue weighted by Gasteiger charge is 2.33. The molecule has 2 heterocycles. The van der Waals surface area contributed by atoms with Crippen LogP contribution >= 0.6 is 11.3 Å². The number of rotatable bonds is 4. The van der Waals surface area contributed by atoms with Gasteiger partial charge in [-0.1, -0.05) is 51.1 Å². The van der Waals surface area contributed by atoms with Crippen molar-refractivity contribution in [2.45, 2.75) is 38.6 Å². The smallest absolute Gasteiger partial charge is 0.107 e. The lowest BCUT2D eigenvalue weighted by Crippen LogP contribution is -2.23. The Hall–Kier alpha value is -1.23. The van der Waals surface area contributed by atoms with Crippen LogP contribution in [-0.4, -0.2) is 29.5 Å². The first-order valence-electron chi connectivity index (χ1n) is 8.39. The summed E-state index contributed by atoms with van der Waals surface area (Å²) in [6.07, 6.45) is 0. The van der Waals surface area contributed by atoms with Gasteiger partial charge in [-0.05, 0) is 18.0 Å². The number of benzene rings is 1. The predicted molar refractivity (Wildman–Crippen MR) is 97.8 cm³/mol. The van der Waals surface area contributed by atoms with Crippen LogP contribution in [0.5, 0.6) is 0 Å². The van der Waals surface area contributed by atoms with E-state index in [1.165, 1.54) is 16.3 Å². The van der Waals surface area contributed by atoms with Crippen molar-refractivity contribution in [3.8, 4) is 0 Å². The number of hydrogen-bond donors (Lipinski definition) is 1. The average Bonchev–Trinajstić information content (AvgIpc) is 3.15. The minimum absolute atomic E-state index is 0.131. The summed E-state index contributed by atoms with van der Waals surface area (Å²) in [7, 11) is 0. The monoisotopic (exact) mass is 329 g/mol. The average molecular weight is 330 g/mol. The van der Waals surface area contributed by atoms with Crippen LogP contribution in [0.2, 0.25) is 0 Å². The minimum Gasteiger partial charge on any atom is -0.330 e. The molecule has 1 aromatic heterocycles. The molecule has 1 aromatic carbocycles. The number of likely N-dealkylation sites (tertiary alicyclic amines) is 1. The minimum atomic E-state index is 0.131. The van der Waals surface area contributed by atoms with Crippen molar-refractivity contribution in [3.63, 3.8) is 0 Å². The van der Waals surface area contributed by atoms with Crippen molar-refractivity contribution >= 4 is 11.3 Å². The summed E-state index contributed by atoms with van der Waals surface area (Å²) in [5.74, 6) is 1.09. The van der Waals surface area contributed by atoms with E-state index in [0.717, 1.165) is 26.2 Å². The molecule has 3 rings (SSSR count). The van der Waals surface area contributed by atoms with Crippen molar-refractivity contribution in [1.82, 2.24) is 9.88 Å². The Balaban J connectivity index is 1.69. The van der Waals surface area contributed by atoms with Crippen molar-refractivity contribution in [2.75, 3.05) is 19.6 Å². The van der Waals surface area contributed by atoms with Gasteiger partial charge in [0.05, 0.1) is 12.2 Å². The van der Waals surface area contributed by atoms with E-state index in [1.54, 1.807) is 11.3 Å². The molecule has 4 heteroatoms. The molecule has 1 fully saturated rings. The van der Waals surface area contributed by atoms with E-state index in [1.807, 2.05) is 0 Å². The van der Waals surface area contributed by atoms with Gasteiger partial charge in [-0.25, -0.2) is 4.98 Å². The highest BCUT2D eigenvalue weighted by Crippen LogP contribution is 2.33. The quantitative estimate of drug-likeness (QED) is 0.931. The van der Waals surface area contributed by atoms with Crippen molar-refractivity contribution in [1.29, 1.82) is 0 Å². The number of thiazole rings is 1. The number of aromatic nitrogens is 1. The molecule has 0 unspecified atom stereocenters. The van der Waals surface area contributed by atoms with E-state index in [0.29, 0.717) is 11.8 Å². The molecule has 0 aliphatic carbocycles. The summed E-state index contributed by atoms with van der Waals surface area (Å²) in [6.45, 7) is 10.5. The van der Waals surface area contributed by atoms with Crippen molar-refractivity contribution in [2.24, 2.45) is 11.7 Å². The first-order valence-corrected chi connectivity index (χ1v) is 9.27. The molecule has 23 heavy (non-hydrogen) atoms. The van der Waals surface area contributed by atoms with Gasteiger partial charge in [0, 0.05) is 29.8 Å². The van der Waals surface area contributed by atoms with E-state index in [2.05, 4.69) is 61.4 Å². The van der Waals surface area contributed by atoms with Gasteiger partial charge in [-0.15, -0.1) is 11.3 Å². The van der Waals surface area contributed by atoms with E-state index >= 15 is 0 Å². The Kier molecular flexibility index (Phi) is 4.85. The van der Waals surface area contributed by atoms with Gasteiger partial charge in [0.1, 0.15) is 5.01 Å². The Morgan fingerprint density at radius 3 is 2.57 bits per heavy atom. The van der Waals surface area contributed by atoms with Crippen LogP contribution in [0.4, 0.5) is 0 Å². The zero-order chi connectivity index (χ0) is 16.4. The molecule has 1 saturated heterocycles. The second-order valence-electron chi connectivity index (χ2n) is 7.58. The highest BCUT2D eigenvalue weighted by molar-refractivity contribution is 7.09. The van der Waals surface area contributed by atoms with Gasteiger partial charge in [0.15, 0.2) is 0 Å². The fraction of sp³-hybridized carbons (Fsp3) is 0.526. The zero-order valence-electron chi connectivity index (χ0n) is 14.3. The van der Waals surface area contributed by atoms with Crippen LogP contribution in [0, 0.1) is 5.92 Å². The first-order chi connectivity index (χ1) is 11.0. The SMILES string of the molecule is CC(C)(C)c1csc(CN2C[C@@H](CN)[C@H](c3ccccc3)C2)n1. The molecule has 2 aromatic rings. The van der Waals surface area contributed by atoms with Gasteiger partial charge >= 0.3 is 0 Å². The standard InChI is InChI=1S/C19H27N3S/c1-19(2,3)17-13-23-18(21-17)12-22-10-15(9-20)16(11-22)14-7-5-4-6-8-14/h4-8,13,15-16H,9-12,20H2,1-3H3/t15-,16+/m1/s1. The molecule has 2 N–H and O–H groups in total. The molecule has 1 aliphatic rings. The summed E-state index contributed by atoms with van der Waals surface area (Å²) in [5, 5.41) is 3.43. The molecule has 0 spiro atoms. The Bertz CT molecular complexity index is 630. The van der Waals surface area contributed by atoms with Gasteiger partial charge in [-0.2, -0.15) is 0 Å². The molecule has 3 nitrogen and oxygen atoms in total. The van der Waals surface area contributed by atoms with Crippen LogP contribution in [0.15, 0.2) is 35.7 Å². The number of hydrogen-bond acceptors (Lipinski definition) is 4.